The third-order valence-electron chi connectivity index (χ3n) is 0.572. The van der Waals surface area contributed by atoms with E-state index < -0.39 is 0 Å². The second-order valence-electron chi connectivity index (χ2n) is 1.21. The molecule has 0 aliphatic heterocycles. The third kappa shape index (κ3) is 4.37. The van der Waals surface area contributed by atoms with Crippen molar-refractivity contribution in [3.63, 3.8) is 0 Å². The summed E-state index contributed by atoms with van der Waals surface area (Å²) in [5.74, 6) is -0.109. The average molecular weight is 126 g/mol. The summed E-state index contributed by atoms with van der Waals surface area (Å²) in [5, 5.41) is 18.1. The van der Waals surface area contributed by atoms with Crippen molar-refractivity contribution in [1.82, 2.24) is 0 Å². The summed E-state index contributed by atoms with van der Waals surface area (Å²) < 4.78 is 0. The minimum absolute atomic E-state index is 0.0914. The molecule has 0 spiro atoms. The standard InChI is InChI=1S/C4H6N4O/c5-2-1-4(9)3-7-8-6/h1-2,5,9H,3H2/b4-1-,5-2?. The van der Waals surface area contributed by atoms with Crippen molar-refractivity contribution in [2.75, 3.05) is 6.54 Å². The van der Waals surface area contributed by atoms with Crippen molar-refractivity contribution in [3.8, 4) is 0 Å². The van der Waals surface area contributed by atoms with Crippen molar-refractivity contribution in [1.29, 1.82) is 5.41 Å². The molecular weight excluding hydrogens is 120 g/mol. The number of rotatable bonds is 3. The number of aliphatic hydroxyl groups is 1. The molecule has 2 N–H and O–H groups in total. The van der Waals surface area contributed by atoms with Crippen molar-refractivity contribution >= 4 is 6.21 Å². The van der Waals surface area contributed by atoms with Crippen LogP contribution in [0, 0.1) is 5.41 Å². The summed E-state index contributed by atoms with van der Waals surface area (Å²) in [6.45, 7) is -0.0914. The van der Waals surface area contributed by atoms with Crippen molar-refractivity contribution < 1.29 is 5.11 Å². The zero-order valence-electron chi connectivity index (χ0n) is 4.65. The zero-order chi connectivity index (χ0) is 7.11. The van der Waals surface area contributed by atoms with Gasteiger partial charge in [0.1, 0.15) is 0 Å². The molecule has 0 heterocycles. The second-order valence-corrected chi connectivity index (χ2v) is 1.21. The van der Waals surface area contributed by atoms with E-state index in [1.807, 2.05) is 0 Å². The third-order valence-corrected chi connectivity index (χ3v) is 0.572. The van der Waals surface area contributed by atoms with Crippen LogP contribution in [-0.2, 0) is 0 Å². The van der Waals surface area contributed by atoms with E-state index in [9.17, 15) is 0 Å². The molecule has 0 atom stereocenters. The van der Waals surface area contributed by atoms with E-state index in [0.29, 0.717) is 0 Å². The van der Waals surface area contributed by atoms with Crippen LogP contribution < -0.4 is 0 Å². The fourth-order valence-electron chi connectivity index (χ4n) is 0.253. The SMILES string of the molecule is [N-]=[N+]=NC/C(O)=C/C=N. The summed E-state index contributed by atoms with van der Waals surface area (Å²) in [6.07, 6.45) is 2.07. The van der Waals surface area contributed by atoms with Gasteiger partial charge in [-0.2, -0.15) is 0 Å². The van der Waals surface area contributed by atoms with Gasteiger partial charge in [0.25, 0.3) is 0 Å². The van der Waals surface area contributed by atoms with Crippen LogP contribution in [0.3, 0.4) is 0 Å². The van der Waals surface area contributed by atoms with Gasteiger partial charge in [-0.25, -0.2) is 0 Å². The van der Waals surface area contributed by atoms with Crippen molar-refractivity contribution in [2.45, 2.75) is 0 Å². The molecule has 0 amide bonds. The van der Waals surface area contributed by atoms with E-state index in [-0.39, 0.29) is 12.3 Å². The van der Waals surface area contributed by atoms with E-state index in [1.165, 1.54) is 0 Å². The van der Waals surface area contributed by atoms with E-state index >= 15 is 0 Å². The predicted molar refractivity (Wildman–Crippen MR) is 33.5 cm³/mol. The summed E-state index contributed by atoms with van der Waals surface area (Å²) >= 11 is 0. The molecule has 5 nitrogen and oxygen atoms in total. The first-order chi connectivity index (χ1) is 4.31. The lowest BCUT2D eigenvalue weighted by atomic mass is 10.5. The van der Waals surface area contributed by atoms with Gasteiger partial charge in [0.05, 0.1) is 12.3 Å². The summed E-state index contributed by atoms with van der Waals surface area (Å²) in [6, 6.07) is 0. The Morgan fingerprint density at radius 2 is 2.56 bits per heavy atom. The molecule has 0 aliphatic rings. The first-order valence-electron chi connectivity index (χ1n) is 2.20. The highest BCUT2D eigenvalue weighted by Gasteiger charge is 1.84. The first-order valence-corrected chi connectivity index (χ1v) is 2.20. The van der Waals surface area contributed by atoms with Crippen LogP contribution in [0.4, 0.5) is 0 Å². The number of aliphatic hydroxyl groups excluding tert-OH is 1. The van der Waals surface area contributed by atoms with Crippen LogP contribution in [-0.4, -0.2) is 17.9 Å². The van der Waals surface area contributed by atoms with Crippen molar-refractivity contribution in [2.24, 2.45) is 5.11 Å². The van der Waals surface area contributed by atoms with Gasteiger partial charge in [0, 0.05) is 11.1 Å². The zero-order valence-corrected chi connectivity index (χ0v) is 4.65. The van der Waals surface area contributed by atoms with Gasteiger partial charge in [-0.1, -0.05) is 5.11 Å². The summed E-state index contributed by atoms with van der Waals surface area (Å²) in [7, 11) is 0. The van der Waals surface area contributed by atoms with Gasteiger partial charge >= 0.3 is 0 Å². The Kier molecular flexibility index (Phi) is 3.90. The Hall–Kier alpha value is -1.48. The van der Waals surface area contributed by atoms with Gasteiger partial charge in [-0.05, 0) is 11.6 Å². The predicted octanol–water partition coefficient (Wildman–Crippen LogP) is 1.39. The first kappa shape index (κ1) is 7.52. The molecule has 0 aromatic rings. The minimum Gasteiger partial charge on any atom is -0.512 e. The highest BCUT2D eigenvalue weighted by molar-refractivity contribution is 5.68. The van der Waals surface area contributed by atoms with Crippen LogP contribution >= 0.6 is 0 Å². The second kappa shape index (κ2) is 4.67. The summed E-state index contributed by atoms with van der Waals surface area (Å²) in [4.78, 5) is 2.41. The number of allylic oxidation sites excluding steroid dienone is 1. The van der Waals surface area contributed by atoms with E-state index in [4.69, 9.17) is 16.0 Å². The van der Waals surface area contributed by atoms with Gasteiger partial charge in [-0.15, -0.1) is 0 Å². The maximum Gasteiger partial charge on any atom is 0.0995 e. The number of hydrogen-bond donors (Lipinski definition) is 2. The Bertz CT molecular complexity index is 167. The normalized spacial score (nSPS) is 10.0. The highest BCUT2D eigenvalue weighted by atomic mass is 16.3. The molecule has 0 rings (SSSR count). The molecular formula is C4H6N4O. The molecule has 0 aromatic heterocycles. The van der Waals surface area contributed by atoms with Gasteiger partial charge < -0.3 is 10.5 Å². The molecule has 0 unspecified atom stereocenters. The lowest BCUT2D eigenvalue weighted by Gasteiger charge is -1.86. The molecule has 0 fully saturated rings. The lowest BCUT2D eigenvalue weighted by molar-refractivity contribution is 0.404. The quantitative estimate of drug-likeness (QED) is 0.193. The molecule has 0 saturated heterocycles. The average Bonchev–Trinajstić information content (AvgIpc) is 1.85. The van der Waals surface area contributed by atoms with Crippen LogP contribution in [0.25, 0.3) is 10.4 Å². The molecule has 48 valence electrons. The Balaban J connectivity index is 3.74. The largest absolute Gasteiger partial charge is 0.512 e. The van der Waals surface area contributed by atoms with Gasteiger partial charge in [0.15, 0.2) is 0 Å². The van der Waals surface area contributed by atoms with E-state index in [1.54, 1.807) is 0 Å². The molecule has 0 aromatic carbocycles. The van der Waals surface area contributed by atoms with Crippen LogP contribution in [0.2, 0.25) is 0 Å². The number of nitrogens with zero attached hydrogens (tertiary/aromatic N) is 3. The Morgan fingerprint density at radius 1 is 1.89 bits per heavy atom. The number of nitrogens with one attached hydrogen (secondary N) is 1. The number of hydrogen-bond acceptors (Lipinski definition) is 3. The topological polar surface area (TPSA) is 92.8 Å². The maximum atomic E-state index is 8.63. The molecule has 9 heavy (non-hydrogen) atoms. The monoisotopic (exact) mass is 126 g/mol. The van der Waals surface area contributed by atoms with E-state index in [0.717, 1.165) is 12.3 Å². The molecule has 5 heteroatoms. The molecule has 0 saturated carbocycles. The van der Waals surface area contributed by atoms with Gasteiger partial charge in [-0.3, -0.25) is 0 Å². The molecule has 0 radical (unpaired) electrons. The summed E-state index contributed by atoms with van der Waals surface area (Å²) in [5.41, 5.74) is 7.75. The highest BCUT2D eigenvalue weighted by Crippen LogP contribution is 1.85. The number of azide groups is 1. The Morgan fingerprint density at radius 3 is 3.00 bits per heavy atom. The lowest BCUT2D eigenvalue weighted by Crippen LogP contribution is -1.84. The smallest absolute Gasteiger partial charge is 0.0995 e. The fourth-order valence-corrected chi connectivity index (χ4v) is 0.253. The molecule has 0 aliphatic carbocycles. The molecule has 0 bridgehead atoms. The van der Waals surface area contributed by atoms with Gasteiger partial charge in [0.2, 0.25) is 0 Å². The maximum absolute atomic E-state index is 8.63. The Labute approximate surface area is 51.8 Å². The minimum atomic E-state index is -0.109. The van der Waals surface area contributed by atoms with E-state index in [2.05, 4.69) is 10.0 Å². The van der Waals surface area contributed by atoms with Crippen LogP contribution in [0.5, 0.6) is 0 Å². The van der Waals surface area contributed by atoms with Crippen LogP contribution in [0.1, 0.15) is 0 Å². The van der Waals surface area contributed by atoms with Crippen LogP contribution in [0.15, 0.2) is 16.9 Å². The van der Waals surface area contributed by atoms with Crippen molar-refractivity contribution in [3.05, 3.63) is 22.3 Å². The fraction of sp³-hybridized carbons (Fsp3) is 0.250.